The maximum Gasteiger partial charge on any atom is 0.224 e. The van der Waals surface area contributed by atoms with Gasteiger partial charge in [-0.1, -0.05) is 48.5 Å². The second-order valence-electron chi connectivity index (χ2n) is 6.90. The molecule has 2 heterocycles. The molecule has 0 spiro atoms. The first-order chi connectivity index (χ1) is 13.2. The van der Waals surface area contributed by atoms with E-state index in [2.05, 4.69) is 5.32 Å². The number of ether oxygens (including phenoxy) is 3. The van der Waals surface area contributed by atoms with Gasteiger partial charge in [0.15, 0.2) is 0 Å². The molecule has 0 saturated carbocycles. The van der Waals surface area contributed by atoms with Crippen molar-refractivity contribution in [1.82, 2.24) is 5.32 Å². The third-order valence-corrected chi connectivity index (χ3v) is 4.93. The lowest BCUT2D eigenvalue weighted by atomic mass is 10.1. The predicted octanol–water partition coefficient (Wildman–Crippen LogP) is 1.45. The minimum atomic E-state index is -0.621. The minimum Gasteiger partial charge on any atom is -0.489 e. The van der Waals surface area contributed by atoms with Gasteiger partial charge in [-0.3, -0.25) is 4.79 Å². The Kier molecular flexibility index (Phi) is 5.38. The van der Waals surface area contributed by atoms with Crippen LogP contribution in [0.15, 0.2) is 54.6 Å². The van der Waals surface area contributed by atoms with Crippen LogP contribution in [-0.2, 0) is 27.3 Å². The number of para-hydroxylation sites is 1. The summed E-state index contributed by atoms with van der Waals surface area (Å²) < 4.78 is 17.0. The summed E-state index contributed by atoms with van der Waals surface area (Å²) in [5.41, 5.74) is 1.90. The van der Waals surface area contributed by atoms with Gasteiger partial charge >= 0.3 is 0 Å². The van der Waals surface area contributed by atoms with Crippen molar-refractivity contribution in [1.29, 1.82) is 0 Å². The summed E-state index contributed by atoms with van der Waals surface area (Å²) in [6, 6.07) is 17.2. The van der Waals surface area contributed by atoms with Crippen molar-refractivity contribution in [3.05, 3.63) is 65.7 Å². The van der Waals surface area contributed by atoms with Gasteiger partial charge in [-0.2, -0.15) is 0 Å². The molecule has 2 fully saturated rings. The Morgan fingerprint density at radius 3 is 2.63 bits per heavy atom. The fourth-order valence-electron chi connectivity index (χ4n) is 3.56. The number of hydrogen-bond donors (Lipinski definition) is 2. The highest BCUT2D eigenvalue weighted by molar-refractivity contribution is 5.79. The van der Waals surface area contributed by atoms with Gasteiger partial charge in [-0.25, -0.2) is 0 Å². The first-order valence-electron chi connectivity index (χ1n) is 9.16. The molecule has 2 aromatic rings. The SMILES string of the molecule is O=C(Cc1ccccc1OCc1ccccc1)N[C@@H]1CO[C@H]2[C@@H]1OC[C@H]2O. The smallest absolute Gasteiger partial charge is 0.224 e. The molecule has 27 heavy (non-hydrogen) atoms. The second kappa shape index (κ2) is 8.08. The van der Waals surface area contributed by atoms with Gasteiger partial charge in [-0.15, -0.1) is 0 Å². The van der Waals surface area contributed by atoms with E-state index in [0.717, 1.165) is 11.1 Å². The third-order valence-electron chi connectivity index (χ3n) is 4.93. The van der Waals surface area contributed by atoms with E-state index in [-0.39, 0.29) is 37.2 Å². The van der Waals surface area contributed by atoms with Gasteiger partial charge in [-0.05, 0) is 11.6 Å². The standard InChI is InChI=1S/C21H23NO5/c23-17-13-27-20-16(12-26-21(17)20)22-19(24)10-15-8-4-5-9-18(15)25-11-14-6-2-1-3-7-14/h1-9,16-17,20-21,23H,10-13H2,(H,22,24)/t16-,17-,20-,21-/m1/s1. The highest BCUT2D eigenvalue weighted by Crippen LogP contribution is 2.27. The molecule has 4 rings (SSSR count). The van der Waals surface area contributed by atoms with Crippen molar-refractivity contribution in [3.8, 4) is 5.75 Å². The number of fused-ring (bicyclic) bond motifs is 1. The third kappa shape index (κ3) is 4.13. The van der Waals surface area contributed by atoms with Crippen LogP contribution in [0.25, 0.3) is 0 Å². The molecule has 2 N–H and O–H groups in total. The number of aliphatic hydroxyl groups is 1. The van der Waals surface area contributed by atoms with Crippen LogP contribution in [0.3, 0.4) is 0 Å². The minimum absolute atomic E-state index is 0.120. The molecule has 2 aliphatic rings. The largest absolute Gasteiger partial charge is 0.489 e. The number of nitrogens with one attached hydrogen (secondary N) is 1. The quantitative estimate of drug-likeness (QED) is 0.806. The Labute approximate surface area is 158 Å². The van der Waals surface area contributed by atoms with Gasteiger partial charge in [0.2, 0.25) is 5.91 Å². The monoisotopic (exact) mass is 369 g/mol. The number of hydrogen-bond acceptors (Lipinski definition) is 5. The fourth-order valence-corrected chi connectivity index (χ4v) is 3.56. The van der Waals surface area contributed by atoms with Gasteiger partial charge in [0.05, 0.1) is 25.7 Å². The Morgan fingerprint density at radius 1 is 1.04 bits per heavy atom. The van der Waals surface area contributed by atoms with Gasteiger partial charge in [0, 0.05) is 5.56 Å². The van der Waals surface area contributed by atoms with E-state index in [1.165, 1.54) is 0 Å². The summed E-state index contributed by atoms with van der Waals surface area (Å²) >= 11 is 0. The Morgan fingerprint density at radius 2 is 1.78 bits per heavy atom. The van der Waals surface area contributed by atoms with E-state index < -0.39 is 6.10 Å². The van der Waals surface area contributed by atoms with Gasteiger partial charge in [0.25, 0.3) is 0 Å². The number of rotatable bonds is 6. The summed E-state index contributed by atoms with van der Waals surface area (Å²) in [5.74, 6) is 0.578. The van der Waals surface area contributed by atoms with Crippen molar-refractivity contribution in [2.24, 2.45) is 0 Å². The van der Waals surface area contributed by atoms with Crippen molar-refractivity contribution in [3.63, 3.8) is 0 Å². The number of benzene rings is 2. The molecule has 6 heteroatoms. The molecule has 1 amide bonds. The molecule has 0 unspecified atom stereocenters. The summed E-state index contributed by atoms with van der Waals surface area (Å²) in [6.45, 7) is 1.05. The lowest BCUT2D eigenvalue weighted by molar-refractivity contribution is -0.121. The van der Waals surface area contributed by atoms with Crippen LogP contribution >= 0.6 is 0 Å². The van der Waals surface area contributed by atoms with Crippen LogP contribution in [0.5, 0.6) is 5.75 Å². The first kappa shape index (κ1) is 18.0. The molecule has 0 radical (unpaired) electrons. The second-order valence-corrected chi connectivity index (χ2v) is 6.90. The van der Waals surface area contributed by atoms with Crippen LogP contribution < -0.4 is 10.1 Å². The lowest BCUT2D eigenvalue weighted by Gasteiger charge is -2.18. The normalized spacial score (nSPS) is 26.6. The van der Waals surface area contributed by atoms with Gasteiger partial charge < -0.3 is 24.6 Å². The van der Waals surface area contributed by atoms with E-state index in [0.29, 0.717) is 19.0 Å². The molecular formula is C21H23NO5. The highest BCUT2D eigenvalue weighted by Gasteiger charge is 2.47. The zero-order valence-electron chi connectivity index (χ0n) is 14.9. The Balaban J connectivity index is 1.36. The number of amides is 1. The zero-order chi connectivity index (χ0) is 18.6. The molecule has 2 aromatic carbocycles. The zero-order valence-corrected chi connectivity index (χ0v) is 14.9. The summed E-state index contributed by atoms with van der Waals surface area (Å²) in [6.07, 6.45) is -1.05. The van der Waals surface area contributed by atoms with E-state index in [9.17, 15) is 9.90 Å². The average molecular weight is 369 g/mol. The Bertz CT molecular complexity index is 781. The van der Waals surface area contributed by atoms with Crippen LogP contribution in [0.1, 0.15) is 11.1 Å². The lowest BCUT2D eigenvalue weighted by Crippen LogP contribution is -2.44. The fraction of sp³-hybridized carbons (Fsp3) is 0.381. The molecular weight excluding hydrogens is 346 g/mol. The Hall–Kier alpha value is -2.41. The van der Waals surface area contributed by atoms with Crippen molar-refractivity contribution < 1.29 is 24.1 Å². The van der Waals surface area contributed by atoms with Gasteiger partial charge in [0.1, 0.15) is 30.7 Å². The summed E-state index contributed by atoms with van der Waals surface area (Å²) in [5, 5.41) is 12.8. The van der Waals surface area contributed by atoms with Crippen LogP contribution in [0.4, 0.5) is 0 Å². The molecule has 0 bridgehead atoms. The number of carbonyl (C=O) groups is 1. The molecule has 0 aliphatic carbocycles. The highest BCUT2D eigenvalue weighted by atomic mass is 16.6. The van der Waals surface area contributed by atoms with Crippen molar-refractivity contribution in [2.75, 3.05) is 13.2 Å². The maximum atomic E-state index is 12.5. The average Bonchev–Trinajstić information content (AvgIpc) is 3.25. The van der Waals surface area contributed by atoms with E-state index in [1.807, 2.05) is 54.6 Å². The molecule has 142 valence electrons. The van der Waals surface area contributed by atoms with E-state index in [4.69, 9.17) is 14.2 Å². The first-order valence-corrected chi connectivity index (χ1v) is 9.16. The molecule has 2 aliphatic heterocycles. The molecule has 0 aromatic heterocycles. The molecule has 6 nitrogen and oxygen atoms in total. The molecule has 4 atom stereocenters. The van der Waals surface area contributed by atoms with Crippen LogP contribution in [-0.4, -0.2) is 48.6 Å². The summed E-state index contributed by atoms with van der Waals surface area (Å²) in [4.78, 5) is 12.5. The number of carbonyl (C=O) groups excluding carboxylic acids is 1. The predicted molar refractivity (Wildman–Crippen MR) is 98.3 cm³/mol. The summed E-state index contributed by atoms with van der Waals surface area (Å²) in [7, 11) is 0. The van der Waals surface area contributed by atoms with E-state index in [1.54, 1.807) is 0 Å². The molecule has 2 saturated heterocycles. The van der Waals surface area contributed by atoms with Crippen LogP contribution in [0, 0.1) is 0 Å². The topological polar surface area (TPSA) is 77.0 Å². The maximum absolute atomic E-state index is 12.5. The number of aliphatic hydroxyl groups excluding tert-OH is 1. The van der Waals surface area contributed by atoms with Crippen molar-refractivity contribution in [2.45, 2.75) is 37.4 Å². The van der Waals surface area contributed by atoms with Crippen molar-refractivity contribution >= 4 is 5.91 Å². The van der Waals surface area contributed by atoms with E-state index >= 15 is 0 Å². The van der Waals surface area contributed by atoms with Crippen LogP contribution in [0.2, 0.25) is 0 Å².